The maximum Gasteiger partial charge on any atom is 0.334 e. The van der Waals surface area contributed by atoms with Crippen LogP contribution in [-0.4, -0.2) is 47.2 Å². The number of aliphatic carboxylic acids is 1. The number of hydrogen-bond acceptors (Lipinski definition) is 3. The number of aryl methyl sites for hydroxylation is 1. The molecule has 6 heteroatoms. The Morgan fingerprint density at radius 2 is 2.10 bits per heavy atom. The quantitative estimate of drug-likeness (QED) is 0.906. The SMILES string of the molecule is Cc1cc(Cl)ccc1C(=O)N1CC(C(=O)O)O[C@H](C)C1. The number of carbonyl (C=O) groups is 2. The van der Waals surface area contributed by atoms with Gasteiger partial charge in [0, 0.05) is 17.1 Å². The predicted octanol–water partition coefficient (Wildman–Crippen LogP) is 1.96. The van der Waals surface area contributed by atoms with Crippen molar-refractivity contribution in [3.63, 3.8) is 0 Å². The number of nitrogens with zero attached hydrogens (tertiary/aromatic N) is 1. The number of carbonyl (C=O) groups excluding carboxylic acids is 1. The van der Waals surface area contributed by atoms with E-state index in [-0.39, 0.29) is 18.6 Å². The van der Waals surface area contributed by atoms with E-state index in [9.17, 15) is 9.59 Å². The number of carboxylic acid groups (broad SMARTS) is 1. The van der Waals surface area contributed by atoms with E-state index in [0.29, 0.717) is 17.1 Å². The van der Waals surface area contributed by atoms with Crippen molar-refractivity contribution in [2.24, 2.45) is 0 Å². The Labute approximate surface area is 122 Å². The van der Waals surface area contributed by atoms with Gasteiger partial charge in [-0.15, -0.1) is 0 Å². The number of halogens is 1. The lowest BCUT2D eigenvalue weighted by atomic mass is 10.1. The lowest BCUT2D eigenvalue weighted by Gasteiger charge is -2.35. The molecule has 0 bridgehead atoms. The van der Waals surface area contributed by atoms with Crippen LogP contribution in [0.15, 0.2) is 18.2 Å². The van der Waals surface area contributed by atoms with Gasteiger partial charge in [-0.05, 0) is 37.6 Å². The molecule has 0 aliphatic carbocycles. The molecule has 1 aliphatic heterocycles. The summed E-state index contributed by atoms with van der Waals surface area (Å²) in [7, 11) is 0. The van der Waals surface area contributed by atoms with E-state index in [1.54, 1.807) is 32.0 Å². The average Bonchev–Trinajstić information content (AvgIpc) is 2.37. The minimum Gasteiger partial charge on any atom is -0.479 e. The summed E-state index contributed by atoms with van der Waals surface area (Å²) in [5.74, 6) is -1.25. The summed E-state index contributed by atoms with van der Waals surface area (Å²) < 4.78 is 5.30. The van der Waals surface area contributed by atoms with Crippen molar-refractivity contribution < 1.29 is 19.4 Å². The van der Waals surface area contributed by atoms with Crippen LogP contribution in [0, 0.1) is 6.92 Å². The van der Waals surface area contributed by atoms with Crippen molar-refractivity contribution in [3.05, 3.63) is 34.3 Å². The molecule has 108 valence electrons. The molecule has 20 heavy (non-hydrogen) atoms. The number of carboxylic acids is 1. The van der Waals surface area contributed by atoms with Crippen molar-refractivity contribution >= 4 is 23.5 Å². The first kappa shape index (κ1) is 14.8. The molecule has 0 aromatic heterocycles. The van der Waals surface area contributed by atoms with E-state index >= 15 is 0 Å². The lowest BCUT2D eigenvalue weighted by molar-refractivity contribution is -0.160. The number of rotatable bonds is 2. The summed E-state index contributed by atoms with van der Waals surface area (Å²) in [6.45, 7) is 3.99. The van der Waals surface area contributed by atoms with Crippen LogP contribution in [0.25, 0.3) is 0 Å². The Morgan fingerprint density at radius 3 is 2.70 bits per heavy atom. The fourth-order valence-corrected chi connectivity index (χ4v) is 2.52. The van der Waals surface area contributed by atoms with Crippen LogP contribution in [-0.2, 0) is 9.53 Å². The second-order valence-electron chi connectivity index (χ2n) is 4.94. The highest BCUT2D eigenvalue weighted by Crippen LogP contribution is 2.19. The summed E-state index contributed by atoms with van der Waals surface area (Å²) in [5.41, 5.74) is 1.31. The average molecular weight is 298 g/mol. The summed E-state index contributed by atoms with van der Waals surface area (Å²) in [6, 6.07) is 5.03. The Bertz CT molecular complexity index is 546. The van der Waals surface area contributed by atoms with E-state index in [4.69, 9.17) is 21.4 Å². The van der Waals surface area contributed by atoms with Crippen LogP contribution < -0.4 is 0 Å². The van der Waals surface area contributed by atoms with Crippen molar-refractivity contribution in [3.8, 4) is 0 Å². The lowest BCUT2D eigenvalue weighted by Crippen LogP contribution is -2.51. The third kappa shape index (κ3) is 3.11. The van der Waals surface area contributed by atoms with Crippen LogP contribution in [0.3, 0.4) is 0 Å². The maximum absolute atomic E-state index is 12.5. The highest BCUT2D eigenvalue weighted by Gasteiger charge is 2.33. The van der Waals surface area contributed by atoms with Gasteiger partial charge in [0.05, 0.1) is 12.6 Å². The number of morpholine rings is 1. The summed E-state index contributed by atoms with van der Waals surface area (Å²) in [5, 5.41) is 9.60. The molecule has 0 spiro atoms. The van der Waals surface area contributed by atoms with Gasteiger partial charge in [-0.25, -0.2) is 4.79 Å². The van der Waals surface area contributed by atoms with Crippen LogP contribution in [0.4, 0.5) is 0 Å². The Kier molecular flexibility index (Phi) is 4.30. The monoisotopic (exact) mass is 297 g/mol. The number of amides is 1. The van der Waals surface area contributed by atoms with Gasteiger partial charge in [0.2, 0.25) is 0 Å². The third-order valence-electron chi connectivity index (χ3n) is 3.24. The van der Waals surface area contributed by atoms with Gasteiger partial charge in [-0.2, -0.15) is 0 Å². The molecule has 2 rings (SSSR count). The van der Waals surface area contributed by atoms with Gasteiger partial charge in [0.25, 0.3) is 5.91 Å². The molecule has 1 aliphatic rings. The van der Waals surface area contributed by atoms with Crippen LogP contribution in [0.2, 0.25) is 5.02 Å². The topological polar surface area (TPSA) is 66.8 Å². The largest absolute Gasteiger partial charge is 0.479 e. The summed E-state index contributed by atoms with van der Waals surface area (Å²) in [6.07, 6.45) is -1.28. The predicted molar refractivity (Wildman–Crippen MR) is 74.1 cm³/mol. The minimum atomic E-state index is -1.05. The molecular formula is C14H16ClNO4. The van der Waals surface area contributed by atoms with Crippen LogP contribution >= 0.6 is 11.6 Å². The first-order chi connectivity index (χ1) is 9.38. The highest BCUT2D eigenvalue weighted by atomic mass is 35.5. The van der Waals surface area contributed by atoms with Crippen LogP contribution in [0.1, 0.15) is 22.8 Å². The zero-order chi connectivity index (χ0) is 14.9. The van der Waals surface area contributed by atoms with Crippen LogP contribution in [0.5, 0.6) is 0 Å². The molecule has 1 amide bonds. The van der Waals surface area contributed by atoms with Crippen molar-refractivity contribution in [2.75, 3.05) is 13.1 Å². The second kappa shape index (κ2) is 5.81. The van der Waals surface area contributed by atoms with E-state index < -0.39 is 12.1 Å². The molecule has 1 aromatic rings. The molecule has 5 nitrogen and oxygen atoms in total. The summed E-state index contributed by atoms with van der Waals surface area (Å²) in [4.78, 5) is 25.0. The van der Waals surface area contributed by atoms with Gasteiger partial charge in [0.15, 0.2) is 6.10 Å². The smallest absolute Gasteiger partial charge is 0.334 e. The van der Waals surface area contributed by atoms with Crippen molar-refractivity contribution in [2.45, 2.75) is 26.1 Å². The Hall–Kier alpha value is -1.59. The van der Waals surface area contributed by atoms with Gasteiger partial charge in [0.1, 0.15) is 0 Å². The molecule has 1 fully saturated rings. The van der Waals surface area contributed by atoms with Crippen molar-refractivity contribution in [1.82, 2.24) is 4.90 Å². The van der Waals surface area contributed by atoms with E-state index in [0.717, 1.165) is 5.56 Å². The maximum atomic E-state index is 12.5. The highest BCUT2D eigenvalue weighted by molar-refractivity contribution is 6.30. The number of ether oxygens (including phenoxy) is 1. The van der Waals surface area contributed by atoms with Gasteiger partial charge < -0.3 is 14.7 Å². The van der Waals surface area contributed by atoms with E-state index in [2.05, 4.69) is 0 Å². The normalized spacial score (nSPS) is 22.6. The van der Waals surface area contributed by atoms with Gasteiger partial charge in [-0.3, -0.25) is 4.79 Å². The van der Waals surface area contributed by atoms with Crippen molar-refractivity contribution in [1.29, 1.82) is 0 Å². The summed E-state index contributed by atoms with van der Waals surface area (Å²) >= 11 is 5.87. The fraction of sp³-hybridized carbons (Fsp3) is 0.429. The molecule has 2 atom stereocenters. The standard InChI is InChI=1S/C14H16ClNO4/c1-8-5-10(15)3-4-11(8)13(17)16-6-9(2)20-12(7-16)14(18)19/h3-5,9,12H,6-7H2,1-2H3,(H,18,19)/t9-,12?/m1/s1. The molecule has 1 unspecified atom stereocenters. The molecular weight excluding hydrogens is 282 g/mol. The molecule has 1 aromatic carbocycles. The number of benzene rings is 1. The van der Waals surface area contributed by atoms with E-state index in [1.807, 2.05) is 0 Å². The fourth-order valence-electron chi connectivity index (χ4n) is 2.29. The Balaban J connectivity index is 2.21. The molecule has 0 radical (unpaired) electrons. The zero-order valence-corrected chi connectivity index (χ0v) is 12.1. The zero-order valence-electron chi connectivity index (χ0n) is 11.3. The number of hydrogen-bond donors (Lipinski definition) is 1. The molecule has 1 saturated heterocycles. The molecule has 1 N–H and O–H groups in total. The minimum absolute atomic E-state index is 0.0561. The molecule has 0 saturated carbocycles. The first-order valence-electron chi connectivity index (χ1n) is 6.32. The Morgan fingerprint density at radius 1 is 1.40 bits per heavy atom. The third-order valence-corrected chi connectivity index (χ3v) is 3.48. The second-order valence-corrected chi connectivity index (χ2v) is 5.38. The first-order valence-corrected chi connectivity index (χ1v) is 6.70. The van der Waals surface area contributed by atoms with E-state index in [1.165, 1.54) is 4.90 Å². The van der Waals surface area contributed by atoms with Gasteiger partial charge >= 0.3 is 5.97 Å². The molecule has 1 heterocycles. The van der Waals surface area contributed by atoms with Gasteiger partial charge in [-0.1, -0.05) is 11.6 Å².